The molecular formula is C13H12F3N3O2. The molecule has 0 saturated carbocycles. The number of hydrogen-bond donors (Lipinski definition) is 0. The van der Waals surface area contributed by atoms with Crippen LogP contribution in [0.5, 0.6) is 0 Å². The average molecular weight is 299 g/mol. The maximum Gasteiger partial charge on any atom is 0.490 e. The van der Waals surface area contributed by atoms with E-state index in [0.717, 1.165) is 4.90 Å². The Morgan fingerprint density at radius 3 is 2.67 bits per heavy atom. The Morgan fingerprint density at radius 1 is 1.43 bits per heavy atom. The van der Waals surface area contributed by atoms with Crippen molar-refractivity contribution in [1.82, 2.24) is 9.80 Å². The number of hydrogen-bond acceptors (Lipinski definition) is 4. The van der Waals surface area contributed by atoms with Crippen LogP contribution in [0.25, 0.3) is 0 Å². The van der Waals surface area contributed by atoms with Crippen molar-refractivity contribution >= 4 is 11.9 Å². The van der Waals surface area contributed by atoms with Crippen molar-refractivity contribution in [2.24, 2.45) is 5.16 Å². The van der Waals surface area contributed by atoms with E-state index in [1.165, 1.54) is 18.2 Å². The average Bonchev–Trinajstić information content (AvgIpc) is 2.94. The fourth-order valence-electron chi connectivity index (χ4n) is 1.75. The molecule has 0 N–H and O–H groups in total. The summed E-state index contributed by atoms with van der Waals surface area (Å²) < 4.78 is 38.6. The van der Waals surface area contributed by atoms with Gasteiger partial charge in [-0.1, -0.05) is 24.3 Å². The van der Waals surface area contributed by atoms with Gasteiger partial charge in [-0.15, -0.1) is 19.8 Å². The van der Waals surface area contributed by atoms with Gasteiger partial charge >= 0.3 is 6.30 Å². The van der Waals surface area contributed by atoms with E-state index < -0.39 is 24.9 Å². The number of carbonyl (C=O) groups is 1. The van der Waals surface area contributed by atoms with Crippen molar-refractivity contribution < 1.29 is 22.8 Å². The Bertz CT molecular complexity index is 558. The van der Waals surface area contributed by atoms with E-state index >= 15 is 0 Å². The van der Waals surface area contributed by atoms with E-state index in [1.54, 1.807) is 18.2 Å². The first-order valence-corrected chi connectivity index (χ1v) is 5.97. The minimum absolute atomic E-state index is 0.0443. The Balaban J connectivity index is 2.31. The molecule has 0 spiro atoms. The smallest absolute Gasteiger partial charge is 0.370 e. The maximum absolute atomic E-state index is 12.9. The van der Waals surface area contributed by atoms with Crippen molar-refractivity contribution in [1.29, 1.82) is 0 Å². The molecule has 0 aliphatic carbocycles. The second kappa shape index (κ2) is 5.86. The number of oxime groups is 1. The van der Waals surface area contributed by atoms with E-state index in [9.17, 15) is 18.0 Å². The molecule has 1 aromatic carbocycles. The van der Waals surface area contributed by atoms with E-state index in [1.807, 2.05) is 0 Å². The Labute approximate surface area is 118 Å². The second-order valence-electron chi connectivity index (χ2n) is 4.12. The molecule has 0 saturated heterocycles. The molecule has 0 radical (unpaired) electrons. The highest BCUT2D eigenvalue weighted by Gasteiger charge is 2.46. The Hall–Kier alpha value is -2.51. The van der Waals surface area contributed by atoms with Crippen LogP contribution in [0, 0.1) is 0 Å². The number of rotatable bonds is 3. The number of guanidine groups is 1. The summed E-state index contributed by atoms with van der Waals surface area (Å²) in [5.74, 6) is -1.22. The van der Waals surface area contributed by atoms with Gasteiger partial charge in [0.1, 0.15) is 0 Å². The quantitative estimate of drug-likeness (QED) is 0.636. The zero-order chi connectivity index (χ0) is 15.5. The molecule has 2 rings (SSSR count). The summed E-state index contributed by atoms with van der Waals surface area (Å²) in [6.45, 7) is 2.54. The number of carbonyl (C=O) groups excluding carboxylic acids is 1. The molecule has 0 bridgehead atoms. The van der Waals surface area contributed by atoms with Crippen LogP contribution in [0.4, 0.5) is 13.2 Å². The monoisotopic (exact) mass is 299 g/mol. The molecule has 0 fully saturated rings. The van der Waals surface area contributed by atoms with E-state index in [0.29, 0.717) is 0 Å². The summed E-state index contributed by atoms with van der Waals surface area (Å²) in [5.41, 5.74) is 0.246. The van der Waals surface area contributed by atoms with Crippen LogP contribution >= 0.6 is 0 Å². The molecule has 1 aliphatic rings. The molecule has 112 valence electrons. The van der Waals surface area contributed by atoms with Crippen molar-refractivity contribution in [2.75, 3.05) is 13.3 Å². The van der Waals surface area contributed by atoms with Crippen molar-refractivity contribution in [2.45, 2.75) is 6.30 Å². The van der Waals surface area contributed by atoms with E-state index in [4.69, 9.17) is 0 Å². The molecule has 0 aromatic heterocycles. The van der Waals surface area contributed by atoms with Gasteiger partial charge in [0, 0.05) is 12.1 Å². The standard InChI is InChI=1S/C13H12F3N3O2/c1-2-8-18(11(20)10-6-4-3-5-7-10)12-17-21-9-19(12)13(14,15)16/h2-7H,1,8-9H2. The fraction of sp³-hybridized carbons (Fsp3) is 0.231. The fourth-order valence-corrected chi connectivity index (χ4v) is 1.75. The van der Waals surface area contributed by atoms with Gasteiger partial charge in [0.15, 0.2) is 6.73 Å². The first-order chi connectivity index (χ1) is 9.95. The summed E-state index contributed by atoms with van der Waals surface area (Å²) >= 11 is 0. The third-order valence-corrected chi connectivity index (χ3v) is 2.70. The number of halogens is 3. The molecule has 0 atom stereocenters. The van der Waals surface area contributed by atoms with Gasteiger partial charge in [0.05, 0.1) is 0 Å². The van der Waals surface area contributed by atoms with Gasteiger partial charge in [0.25, 0.3) is 11.9 Å². The van der Waals surface area contributed by atoms with Gasteiger partial charge in [0.2, 0.25) is 0 Å². The molecule has 21 heavy (non-hydrogen) atoms. The predicted molar refractivity (Wildman–Crippen MR) is 69.0 cm³/mol. The number of alkyl halides is 3. The van der Waals surface area contributed by atoms with E-state index in [-0.39, 0.29) is 17.0 Å². The van der Waals surface area contributed by atoms with Gasteiger partial charge in [-0.25, -0.2) is 4.90 Å². The SMILES string of the molecule is C=CCN(C(=O)c1ccccc1)C1=NOCN1C(F)(F)F. The lowest BCUT2D eigenvalue weighted by Crippen LogP contribution is -2.50. The van der Waals surface area contributed by atoms with Gasteiger partial charge in [-0.2, -0.15) is 0 Å². The summed E-state index contributed by atoms with van der Waals surface area (Å²) in [4.78, 5) is 17.6. The van der Waals surface area contributed by atoms with Crippen LogP contribution in [0.15, 0.2) is 48.1 Å². The molecule has 1 aliphatic heterocycles. The van der Waals surface area contributed by atoms with Crippen LogP contribution in [-0.2, 0) is 4.84 Å². The zero-order valence-corrected chi connectivity index (χ0v) is 10.9. The van der Waals surface area contributed by atoms with Crippen molar-refractivity contribution in [3.05, 3.63) is 48.6 Å². The summed E-state index contributed by atoms with van der Waals surface area (Å²) in [5, 5.41) is 3.33. The van der Waals surface area contributed by atoms with Crippen LogP contribution in [-0.4, -0.2) is 41.2 Å². The van der Waals surface area contributed by atoms with Crippen LogP contribution in [0.3, 0.4) is 0 Å². The lowest BCUT2D eigenvalue weighted by Gasteiger charge is -2.27. The molecule has 1 aromatic rings. The van der Waals surface area contributed by atoms with Gasteiger partial charge in [-0.05, 0) is 17.3 Å². The highest BCUT2D eigenvalue weighted by Crippen LogP contribution is 2.26. The largest absolute Gasteiger partial charge is 0.490 e. The highest BCUT2D eigenvalue weighted by molar-refractivity contribution is 6.06. The summed E-state index contributed by atoms with van der Waals surface area (Å²) in [6, 6.07) is 7.95. The lowest BCUT2D eigenvalue weighted by atomic mass is 10.2. The van der Waals surface area contributed by atoms with Crippen LogP contribution < -0.4 is 0 Å². The maximum atomic E-state index is 12.9. The van der Waals surface area contributed by atoms with Crippen LogP contribution in [0.2, 0.25) is 0 Å². The first-order valence-electron chi connectivity index (χ1n) is 5.97. The van der Waals surface area contributed by atoms with Crippen molar-refractivity contribution in [3.8, 4) is 0 Å². The normalized spacial score (nSPS) is 14.4. The number of amides is 1. The Morgan fingerprint density at radius 2 is 2.10 bits per heavy atom. The summed E-state index contributed by atoms with van der Waals surface area (Å²) in [6.07, 6.45) is -3.37. The molecule has 0 unspecified atom stereocenters. The third kappa shape index (κ3) is 3.15. The Kier molecular flexibility index (Phi) is 4.15. The molecule has 5 nitrogen and oxygen atoms in total. The predicted octanol–water partition coefficient (Wildman–Crippen LogP) is 2.40. The molecule has 1 amide bonds. The first kappa shape index (κ1) is 14.9. The van der Waals surface area contributed by atoms with Gasteiger partial charge < -0.3 is 4.84 Å². The van der Waals surface area contributed by atoms with E-state index in [2.05, 4.69) is 16.6 Å². The second-order valence-corrected chi connectivity index (χ2v) is 4.12. The van der Waals surface area contributed by atoms with Crippen LogP contribution in [0.1, 0.15) is 10.4 Å². The van der Waals surface area contributed by atoms with Gasteiger partial charge in [-0.3, -0.25) is 9.69 Å². The molecular weight excluding hydrogens is 287 g/mol. The van der Waals surface area contributed by atoms with Crippen molar-refractivity contribution in [3.63, 3.8) is 0 Å². The minimum atomic E-state index is -4.69. The number of nitrogens with zero attached hydrogens (tertiary/aromatic N) is 3. The topological polar surface area (TPSA) is 45.1 Å². The highest BCUT2D eigenvalue weighted by atomic mass is 19.4. The minimum Gasteiger partial charge on any atom is -0.370 e. The third-order valence-electron chi connectivity index (χ3n) is 2.70. The number of benzene rings is 1. The molecule has 8 heteroatoms. The summed E-state index contributed by atoms with van der Waals surface area (Å²) in [7, 11) is 0. The molecule has 1 heterocycles. The lowest BCUT2D eigenvalue weighted by molar-refractivity contribution is -0.230. The zero-order valence-electron chi connectivity index (χ0n) is 10.9.